The second kappa shape index (κ2) is 6.32. The summed E-state index contributed by atoms with van der Waals surface area (Å²) in [4.78, 5) is 0. The van der Waals surface area contributed by atoms with Gasteiger partial charge in [-0.25, -0.2) is 0 Å². The molecule has 0 bridgehead atoms. The number of hydrogen-bond donors (Lipinski definition) is 1. The van der Waals surface area contributed by atoms with Crippen LogP contribution in [0.5, 0.6) is 11.5 Å². The quantitative estimate of drug-likeness (QED) is 0.832. The summed E-state index contributed by atoms with van der Waals surface area (Å²) in [5, 5.41) is 0. The summed E-state index contributed by atoms with van der Waals surface area (Å²) in [7, 11) is 0. The Hall–Kier alpha value is -1.66. The lowest BCUT2D eigenvalue weighted by atomic mass is 10.1. The van der Waals surface area contributed by atoms with Crippen LogP contribution in [0.4, 0.5) is 0 Å². The molecule has 3 heteroatoms. The van der Waals surface area contributed by atoms with E-state index in [0.717, 1.165) is 17.1 Å². The highest BCUT2D eigenvalue weighted by Gasteiger charge is 2.06. The molecule has 0 heterocycles. The van der Waals surface area contributed by atoms with Crippen molar-refractivity contribution in [2.24, 2.45) is 5.73 Å². The van der Waals surface area contributed by atoms with E-state index in [1.54, 1.807) is 0 Å². The van der Waals surface area contributed by atoms with E-state index in [-0.39, 0.29) is 0 Å². The van der Waals surface area contributed by atoms with Gasteiger partial charge in [0.1, 0.15) is 0 Å². The molecule has 0 atom stereocenters. The molecule has 1 aromatic rings. The lowest BCUT2D eigenvalue weighted by Crippen LogP contribution is -2.29. The third kappa shape index (κ3) is 4.68. The minimum atomic E-state index is -0.496. The van der Waals surface area contributed by atoms with Gasteiger partial charge in [0.05, 0.1) is 18.8 Å². The van der Waals surface area contributed by atoms with Crippen LogP contribution in [0.1, 0.15) is 33.3 Å². The average Bonchev–Trinajstić information content (AvgIpc) is 2.29. The fourth-order valence-corrected chi connectivity index (χ4v) is 1.36. The Kier molecular flexibility index (Phi) is 5.06. The molecule has 1 rings (SSSR count). The summed E-state index contributed by atoms with van der Waals surface area (Å²) in [6, 6.07) is 5.67. The fourth-order valence-electron chi connectivity index (χ4n) is 1.36. The third-order valence-electron chi connectivity index (χ3n) is 2.07. The number of benzene rings is 1. The molecule has 18 heavy (non-hydrogen) atoms. The van der Waals surface area contributed by atoms with Crippen LogP contribution in [0.2, 0.25) is 0 Å². The minimum absolute atomic E-state index is 0.496. The first-order valence-electron chi connectivity index (χ1n) is 6.18. The predicted molar refractivity (Wildman–Crippen MR) is 73.9 cm³/mol. The van der Waals surface area contributed by atoms with Gasteiger partial charge in [0.15, 0.2) is 11.5 Å². The van der Waals surface area contributed by atoms with Gasteiger partial charge in [0, 0.05) is 5.56 Å². The van der Waals surface area contributed by atoms with E-state index in [0.29, 0.717) is 13.2 Å². The lowest BCUT2D eigenvalue weighted by molar-refractivity contribution is 0.287. The van der Waals surface area contributed by atoms with Gasteiger partial charge in [-0.3, -0.25) is 0 Å². The molecule has 1 aromatic carbocycles. The van der Waals surface area contributed by atoms with Crippen LogP contribution in [0.15, 0.2) is 18.2 Å². The van der Waals surface area contributed by atoms with Gasteiger partial charge in [-0.15, -0.1) is 0 Å². The zero-order valence-electron chi connectivity index (χ0n) is 11.5. The van der Waals surface area contributed by atoms with Gasteiger partial charge in [-0.1, -0.05) is 11.8 Å². The van der Waals surface area contributed by atoms with Crippen LogP contribution in [-0.2, 0) is 0 Å². The zero-order chi connectivity index (χ0) is 13.6. The first kappa shape index (κ1) is 14.4. The summed E-state index contributed by atoms with van der Waals surface area (Å²) in [5.41, 5.74) is 6.21. The van der Waals surface area contributed by atoms with Gasteiger partial charge in [0.25, 0.3) is 0 Å². The maximum atomic E-state index is 5.83. The zero-order valence-corrected chi connectivity index (χ0v) is 11.5. The molecular weight excluding hydrogens is 226 g/mol. The molecule has 0 radical (unpaired) electrons. The summed E-state index contributed by atoms with van der Waals surface area (Å²) < 4.78 is 11.0. The Morgan fingerprint density at radius 1 is 1.11 bits per heavy atom. The number of ether oxygens (including phenoxy) is 2. The van der Waals surface area contributed by atoms with E-state index < -0.39 is 5.54 Å². The van der Waals surface area contributed by atoms with Gasteiger partial charge in [-0.2, -0.15) is 0 Å². The number of nitrogens with two attached hydrogens (primary N) is 1. The van der Waals surface area contributed by atoms with E-state index in [1.165, 1.54) is 0 Å². The largest absolute Gasteiger partial charge is 0.490 e. The van der Waals surface area contributed by atoms with Crippen LogP contribution in [0.3, 0.4) is 0 Å². The highest BCUT2D eigenvalue weighted by molar-refractivity contribution is 5.48. The van der Waals surface area contributed by atoms with Crippen molar-refractivity contribution in [3.63, 3.8) is 0 Å². The molecule has 0 fully saturated rings. The molecule has 0 aliphatic rings. The van der Waals surface area contributed by atoms with Gasteiger partial charge in [0.2, 0.25) is 0 Å². The monoisotopic (exact) mass is 247 g/mol. The van der Waals surface area contributed by atoms with Gasteiger partial charge < -0.3 is 15.2 Å². The molecule has 0 saturated carbocycles. The van der Waals surface area contributed by atoms with E-state index in [1.807, 2.05) is 45.9 Å². The third-order valence-corrected chi connectivity index (χ3v) is 2.07. The van der Waals surface area contributed by atoms with Crippen molar-refractivity contribution in [2.75, 3.05) is 13.2 Å². The summed E-state index contributed by atoms with van der Waals surface area (Å²) in [5.74, 6) is 7.50. The lowest BCUT2D eigenvalue weighted by Gasteiger charge is -2.11. The highest BCUT2D eigenvalue weighted by atomic mass is 16.5. The maximum Gasteiger partial charge on any atom is 0.162 e. The van der Waals surface area contributed by atoms with Crippen LogP contribution in [-0.4, -0.2) is 18.8 Å². The second-order valence-electron chi connectivity index (χ2n) is 4.50. The van der Waals surface area contributed by atoms with Gasteiger partial charge in [-0.05, 0) is 45.9 Å². The van der Waals surface area contributed by atoms with Crippen LogP contribution in [0.25, 0.3) is 0 Å². The SMILES string of the molecule is CCOc1ccc(C#CC(C)(C)N)cc1OCC. The molecule has 0 spiro atoms. The van der Waals surface area contributed by atoms with E-state index in [9.17, 15) is 0 Å². The Morgan fingerprint density at radius 2 is 1.72 bits per heavy atom. The fraction of sp³-hybridized carbons (Fsp3) is 0.467. The molecule has 0 aliphatic heterocycles. The van der Waals surface area contributed by atoms with E-state index in [4.69, 9.17) is 15.2 Å². The minimum Gasteiger partial charge on any atom is -0.490 e. The standard InChI is InChI=1S/C15H21NO2/c1-5-17-13-8-7-12(9-10-15(3,4)16)11-14(13)18-6-2/h7-8,11H,5-6,16H2,1-4H3. The molecular formula is C15H21NO2. The molecule has 2 N–H and O–H groups in total. The van der Waals surface area contributed by atoms with Crippen molar-refractivity contribution in [1.82, 2.24) is 0 Å². The molecule has 0 saturated heterocycles. The topological polar surface area (TPSA) is 44.5 Å². The maximum absolute atomic E-state index is 5.83. The molecule has 0 amide bonds. The van der Waals surface area contributed by atoms with E-state index in [2.05, 4.69) is 11.8 Å². The second-order valence-corrected chi connectivity index (χ2v) is 4.50. The molecule has 98 valence electrons. The van der Waals surface area contributed by atoms with Crippen molar-refractivity contribution >= 4 is 0 Å². The number of hydrogen-bond acceptors (Lipinski definition) is 3. The first-order valence-corrected chi connectivity index (χ1v) is 6.18. The van der Waals surface area contributed by atoms with E-state index >= 15 is 0 Å². The van der Waals surface area contributed by atoms with Crippen molar-refractivity contribution in [1.29, 1.82) is 0 Å². The Labute approximate surface area is 109 Å². The van der Waals surface area contributed by atoms with Crippen LogP contribution >= 0.6 is 0 Å². The Bertz CT molecular complexity index is 450. The molecule has 0 aromatic heterocycles. The van der Waals surface area contributed by atoms with Crippen LogP contribution < -0.4 is 15.2 Å². The normalized spacial score (nSPS) is 10.5. The van der Waals surface area contributed by atoms with Crippen molar-refractivity contribution in [2.45, 2.75) is 33.2 Å². The molecule has 3 nitrogen and oxygen atoms in total. The number of rotatable bonds is 4. The van der Waals surface area contributed by atoms with Crippen molar-refractivity contribution in [3.05, 3.63) is 23.8 Å². The van der Waals surface area contributed by atoms with Crippen LogP contribution in [0, 0.1) is 11.8 Å². The molecule has 0 aliphatic carbocycles. The summed E-state index contributed by atoms with van der Waals surface area (Å²) in [6.45, 7) is 8.84. The summed E-state index contributed by atoms with van der Waals surface area (Å²) in [6.07, 6.45) is 0. The highest BCUT2D eigenvalue weighted by Crippen LogP contribution is 2.28. The van der Waals surface area contributed by atoms with Gasteiger partial charge >= 0.3 is 0 Å². The average molecular weight is 247 g/mol. The Morgan fingerprint density at radius 3 is 2.28 bits per heavy atom. The summed E-state index contributed by atoms with van der Waals surface area (Å²) >= 11 is 0. The smallest absolute Gasteiger partial charge is 0.162 e. The van der Waals surface area contributed by atoms with Crippen molar-refractivity contribution in [3.8, 4) is 23.3 Å². The first-order chi connectivity index (χ1) is 8.46. The molecule has 0 unspecified atom stereocenters. The predicted octanol–water partition coefficient (Wildman–Crippen LogP) is 2.57. The van der Waals surface area contributed by atoms with Crippen molar-refractivity contribution < 1.29 is 9.47 Å². The Balaban J connectivity index is 3.01.